The number of benzene rings is 1. The van der Waals surface area contributed by atoms with Gasteiger partial charge in [-0.2, -0.15) is 0 Å². The van der Waals surface area contributed by atoms with Crippen molar-refractivity contribution < 1.29 is 9.47 Å². The van der Waals surface area contributed by atoms with Crippen LogP contribution in [0.25, 0.3) is 0 Å². The molecule has 3 heteroatoms. The average molecular weight is 279 g/mol. The Bertz CT molecular complexity index is 355. The lowest BCUT2D eigenvalue weighted by Gasteiger charge is -2.13. The summed E-state index contributed by atoms with van der Waals surface area (Å²) in [5, 5.41) is 3.51. The molecule has 0 radical (unpaired) electrons. The van der Waals surface area contributed by atoms with Crippen molar-refractivity contribution in [3.8, 4) is 5.75 Å². The molecule has 0 aliphatic rings. The fraction of sp³-hybridized carbons (Fsp3) is 0.647. The first-order valence-corrected chi connectivity index (χ1v) is 7.70. The van der Waals surface area contributed by atoms with Gasteiger partial charge in [0.05, 0.1) is 13.2 Å². The minimum absolute atomic E-state index is 0.611. The van der Waals surface area contributed by atoms with Crippen molar-refractivity contribution in [2.45, 2.75) is 52.2 Å². The number of hydrogen-bond donors (Lipinski definition) is 1. The van der Waals surface area contributed by atoms with E-state index in [9.17, 15) is 0 Å². The molecular formula is C17H29NO2. The van der Waals surface area contributed by atoms with Gasteiger partial charge in [-0.3, -0.25) is 0 Å². The van der Waals surface area contributed by atoms with E-state index >= 15 is 0 Å². The van der Waals surface area contributed by atoms with Gasteiger partial charge in [0.15, 0.2) is 0 Å². The van der Waals surface area contributed by atoms with E-state index in [1.165, 1.54) is 19.3 Å². The lowest BCUT2D eigenvalue weighted by Crippen LogP contribution is -2.26. The molecule has 1 aromatic rings. The molecule has 0 aliphatic carbocycles. The molecule has 0 aliphatic heterocycles. The molecule has 1 atom stereocenters. The third kappa shape index (κ3) is 7.51. The zero-order chi connectivity index (χ0) is 14.6. The van der Waals surface area contributed by atoms with Crippen LogP contribution in [-0.2, 0) is 11.3 Å². The molecular weight excluding hydrogens is 250 g/mol. The van der Waals surface area contributed by atoms with Crippen LogP contribution < -0.4 is 10.1 Å². The fourth-order valence-corrected chi connectivity index (χ4v) is 2.13. The second-order valence-corrected chi connectivity index (χ2v) is 5.28. The molecule has 0 saturated carbocycles. The molecule has 1 rings (SSSR count). The minimum Gasteiger partial charge on any atom is -0.494 e. The standard InChI is InChI=1S/C17H29NO2/c1-4-11-18-15(2)8-5-6-12-20-17-10-7-9-16(13-17)14-19-3/h7,9-10,13,15,18H,4-6,8,11-12,14H2,1-3H3. The molecule has 1 aromatic carbocycles. The summed E-state index contributed by atoms with van der Waals surface area (Å²) in [4.78, 5) is 0. The van der Waals surface area contributed by atoms with Gasteiger partial charge >= 0.3 is 0 Å². The highest BCUT2D eigenvalue weighted by molar-refractivity contribution is 5.28. The van der Waals surface area contributed by atoms with Crippen molar-refractivity contribution in [2.75, 3.05) is 20.3 Å². The summed E-state index contributed by atoms with van der Waals surface area (Å²) in [7, 11) is 1.71. The first-order valence-electron chi connectivity index (χ1n) is 7.70. The molecule has 0 bridgehead atoms. The molecule has 3 nitrogen and oxygen atoms in total. The van der Waals surface area contributed by atoms with Gasteiger partial charge in [0.2, 0.25) is 0 Å². The monoisotopic (exact) mass is 279 g/mol. The van der Waals surface area contributed by atoms with E-state index in [1.807, 2.05) is 12.1 Å². The van der Waals surface area contributed by atoms with Crippen LogP contribution in [0.1, 0.15) is 45.1 Å². The van der Waals surface area contributed by atoms with E-state index < -0.39 is 0 Å². The van der Waals surface area contributed by atoms with E-state index in [4.69, 9.17) is 9.47 Å². The topological polar surface area (TPSA) is 30.5 Å². The first kappa shape index (κ1) is 17.0. The predicted molar refractivity (Wildman–Crippen MR) is 84.3 cm³/mol. The lowest BCUT2D eigenvalue weighted by atomic mass is 10.1. The van der Waals surface area contributed by atoms with Crippen LogP contribution >= 0.6 is 0 Å². The van der Waals surface area contributed by atoms with Crippen LogP contribution in [0.2, 0.25) is 0 Å². The molecule has 0 amide bonds. The Morgan fingerprint density at radius 3 is 2.85 bits per heavy atom. The molecule has 1 unspecified atom stereocenters. The van der Waals surface area contributed by atoms with Crippen LogP contribution in [0.4, 0.5) is 0 Å². The highest BCUT2D eigenvalue weighted by Crippen LogP contribution is 2.14. The van der Waals surface area contributed by atoms with E-state index in [-0.39, 0.29) is 0 Å². The molecule has 0 aromatic heterocycles. The Kier molecular flexibility index (Phi) is 9.09. The first-order chi connectivity index (χ1) is 9.76. The molecule has 0 spiro atoms. The normalized spacial score (nSPS) is 12.3. The summed E-state index contributed by atoms with van der Waals surface area (Å²) in [6, 6.07) is 8.73. The molecule has 0 fully saturated rings. The average Bonchev–Trinajstić information content (AvgIpc) is 2.45. The summed E-state index contributed by atoms with van der Waals surface area (Å²) in [6.07, 6.45) is 4.72. The molecule has 1 N–H and O–H groups in total. The van der Waals surface area contributed by atoms with Crippen LogP contribution in [0.15, 0.2) is 24.3 Å². The highest BCUT2D eigenvalue weighted by Gasteiger charge is 2.01. The SMILES string of the molecule is CCCNC(C)CCCCOc1cccc(COC)c1. The highest BCUT2D eigenvalue weighted by atomic mass is 16.5. The molecule has 114 valence electrons. The van der Waals surface area contributed by atoms with Gasteiger partial charge in [-0.05, 0) is 56.8 Å². The largest absolute Gasteiger partial charge is 0.494 e. The van der Waals surface area contributed by atoms with Crippen LogP contribution in [0.3, 0.4) is 0 Å². The summed E-state index contributed by atoms with van der Waals surface area (Å²) < 4.78 is 10.9. The van der Waals surface area contributed by atoms with Gasteiger partial charge in [-0.15, -0.1) is 0 Å². The maximum Gasteiger partial charge on any atom is 0.119 e. The van der Waals surface area contributed by atoms with Gasteiger partial charge in [0, 0.05) is 13.2 Å². The van der Waals surface area contributed by atoms with E-state index in [2.05, 4.69) is 31.3 Å². The summed E-state index contributed by atoms with van der Waals surface area (Å²) in [5.74, 6) is 0.941. The second-order valence-electron chi connectivity index (χ2n) is 5.28. The Morgan fingerprint density at radius 2 is 2.10 bits per heavy atom. The van der Waals surface area contributed by atoms with Crippen molar-refractivity contribution in [1.82, 2.24) is 5.32 Å². The Morgan fingerprint density at radius 1 is 1.25 bits per heavy atom. The molecule has 20 heavy (non-hydrogen) atoms. The Labute approximate surface area is 123 Å². The second kappa shape index (κ2) is 10.7. The van der Waals surface area contributed by atoms with Crippen molar-refractivity contribution in [3.05, 3.63) is 29.8 Å². The van der Waals surface area contributed by atoms with Crippen LogP contribution in [0.5, 0.6) is 5.75 Å². The van der Waals surface area contributed by atoms with Gasteiger partial charge in [0.1, 0.15) is 5.75 Å². The predicted octanol–water partition coefficient (Wildman–Crippen LogP) is 3.77. The van der Waals surface area contributed by atoms with Crippen LogP contribution in [0, 0.1) is 0 Å². The quantitative estimate of drug-likeness (QED) is 0.625. The third-order valence-corrected chi connectivity index (χ3v) is 3.25. The lowest BCUT2D eigenvalue weighted by molar-refractivity contribution is 0.184. The fourth-order valence-electron chi connectivity index (χ4n) is 2.13. The van der Waals surface area contributed by atoms with Crippen molar-refractivity contribution in [1.29, 1.82) is 0 Å². The van der Waals surface area contributed by atoms with Gasteiger partial charge in [-0.25, -0.2) is 0 Å². The summed E-state index contributed by atoms with van der Waals surface area (Å²) in [5.41, 5.74) is 1.15. The minimum atomic E-state index is 0.611. The number of ether oxygens (including phenoxy) is 2. The van der Waals surface area contributed by atoms with Crippen LogP contribution in [-0.4, -0.2) is 26.3 Å². The van der Waals surface area contributed by atoms with Gasteiger partial charge < -0.3 is 14.8 Å². The van der Waals surface area contributed by atoms with E-state index in [1.54, 1.807) is 7.11 Å². The maximum atomic E-state index is 5.78. The number of methoxy groups -OCH3 is 1. The number of hydrogen-bond acceptors (Lipinski definition) is 3. The van der Waals surface area contributed by atoms with E-state index in [0.717, 1.165) is 30.9 Å². The van der Waals surface area contributed by atoms with E-state index in [0.29, 0.717) is 12.6 Å². The molecule has 0 saturated heterocycles. The van der Waals surface area contributed by atoms with Crippen molar-refractivity contribution in [3.63, 3.8) is 0 Å². The number of rotatable bonds is 11. The summed E-state index contributed by atoms with van der Waals surface area (Å²) >= 11 is 0. The van der Waals surface area contributed by atoms with Gasteiger partial charge in [0.25, 0.3) is 0 Å². The maximum absolute atomic E-state index is 5.78. The Balaban J connectivity index is 2.13. The zero-order valence-corrected chi connectivity index (χ0v) is 13.2. The smallest absolute Gasteiger partial charge is 0.119 e. The zero-order valence-electron chi connectivity index (χ0n) is 13.2. The number of unbranched alkanes of at least 4 members (excludes halogenated alkanes) is 1. The summed E-state index contributed by atoms with van der Waals surface area (Å²) in [6.45, 7) is 6.99. The van der Waals surface area contributed by atoms with Crippen molar-refractivity contribution in [2.24, 2.45) is 0 Å². The van der Waals surface area contributed by atoms with Crippen molar-refractivity contribution >= 4 is 0 Å². The number of nitrogens with one attached hydrogen (secondary N) is 1. The van der Waals surface area contributed by atoms with Gasteiger partial charge in [-0.1, -0.05) is 19.1 Å². The molecule has 0 heterocycles. The third-order valence-electron chi connectivity index (χ3n) is 3.25. The Hall–Kier alpha value is -1.06.